The number of unbranched alkanes of at least 4 members (excludes halogenated alkanes) is 1. The minimum atomic E-state index is -1.08. The Morgan fingerprint density at radius 2 is 2.06 bits per heavy atom. The summed E-state index contributed by atoms with van der Waals surface area (Å²) in [5, 5.41) is 18.6. The molecule has 2 heterocycles. The van der Waals surface area contributed by atoms with Crippen LogP contribution >= 0.6 is 23.2 Å². The highest BCUT2D eigenvalue weighted by atomic mass is 35.5. The SMILES string of the molecule is CCCCC(O)(Cn1cncn1)c1ccc(Cl)cc1Cl.COC(=O)Nc1nc2ccccc2[nH]1. The fourth-order valence-corrected chi connectivity index (χ4v) is 3.96. The molecule has 11 heteroatoms. The molecule has 4 aromatic rings. The summed E-state index contributed by atoms with van der Waals surface area (Å²) >= 11 is 12.2. The summed E-state index contributed by atoms with van der Waals surface area (Å²) in [4.78, 5) is 21.8. The molecule has 0 aliphatic carbocycles. The number of methoxy groups -OCH3 is 1. The first-order valence-corrected chi connectivity index (χ1v) is 11.4. The third kappa shape index (κ3) is 6.69. The number of nitrogens with zero attached hydrogens (tertiary/aromatic N) is 4. The van der Waals surface area contributed by atoms with Crippen molar-refractivity contribution in [2.24, 2.45) is 0 Å². The van der Waals surface area contributed by atoms with Gasteiger partial charge >= 0.3 is 6.09 Å². The van der Waals surface area contributed by atoms with E-state index in [0.717, 1.165) is 23.9 Å². The summed E-state index contributed by atoms with van der Waals surface area (Å²) in [6.07, 6.45) is 4.98. The van der Waals surface area contributed by atoms with E-state index in [-0.39, 0.29) is 0 Å². The van der Waals surface area contributed by atoms with E-state index in [2.05, 4.69) is 37.0 Å². The van der Waals surface area contributed by atoms with Crippen molar-refractivity contribution < 1.29 is 14.6 Å². The molecule has 0 aliphatic heterocycles. The third-order valence-corrected chi connectivity index (χ3v) is 5.61. The maximum atomic E-state index is 11.0. The van der Waals surface area contributed by atoms with Gasteiger partial charge in [0.25, 0.3) is 0 Å². The van der Waals surface area contributed by atoms with Gasteiger partial charge in [0.05, 0.1) is 24.7 Å². The van der Waals surface area contributed by atoms with Crippen molar-refractivity contribution in [1.29, 1.82) is 0 Å². The molecular weight excluding hydrogens is 479 g/mol. The smallest absolute Gasteiger partial charge is 0.413 e. The molecule has 0 spiro atoms. The Morgan fingerprint density at radius 3 is 2.71 bits per heavy atom. The molecule has 9 nitrogen and oxygen atoms in total. The van der Waals surface area contributed by atoms with Crippen molar-refractivity contribution in [2.45, 2.75) is 38.3 Å². The quantitative estimate of drug-likeness (QED) is 0.309. The lowest BCUT2D eigenvalue weighted by Gasteiger charge is -2.29. The number of nitrogens with one attached hydrogen (secondary N) is 2. The minimum absolute atomic E-state index is 0.314. The number of fused-ring (bicyclic) bond motifs is 1. The van der Waals surface area contributed by atoms with Gasteiger partial charge in [-0.1, -0.05) is 61.2 Å². The Labute approximate surface area is 207 Å². The van der Waals surface area contributed by atoms with Gasteiger partial charge in [0.15, 0.2) is 0 Å². The first-order valence-electron chi connectivity index (χ1n) is 10.6. The topological polar surface area (TPSA) is 118 Å². The highest BCUT2D eigenvalue weighted by molar-refractivity contribution is 6.35. The van der Waals surface area contributed by atoms with Gasteiger partial charge in [0, 0.05) is 15.6 Å². The monoisotopic (exact) mass is 504 g/mol. The van der Waals surface area contributed by atoms with Crippen molar-refractivity contribution in [3.05, 3.63) is 70.7 Å². The number of para-hydroxylation sites is 2. The number of aromatic amines is 1. The lowest BCUT2D eigenvalue weighted by atomic mass is 9.88. The number of H-pyrrole nitrogens is 1. The molecule has 1 atom stereocenters. The number of aliphatic hydroxyl groups is 1. The van der Waals surface area contributed by atoms with Crippen LogP contribution in [0.15, 0.2) is 55.1 Å². The number of carbonyl (C=O) groups is 1. The van der Waals surface area contributed by atoms with Crippen LogP contribution in [0.3, 0.4) is 0 Å². The molecule has 2 aromatic carbocycles. The number of hydrogen-bond acceptors (Lipinski definition) is 6. The Hall–Kier alpha value is -3.14. The second-order valence-electron chi connectivity index (χ2n) is 7.57. The second-order valence-corrected chi connectivity index (χ2v) is 8.42. The molecule has 4 rings (SSSR count). The summed E-state index contributed by atoms with van der Waals surface area (Å²) in [6.45, 7) is 2.40. The number of imidazole rings is 1. The first-order chi connectivity index (χ1) is 16.3. The van der Waals surface area contributed by atoms with Crippen molar-refractivity contribution in [2.75, 3.05) is 12.4 Å². The van der Waals surface area contributed by atoms with Gasteiger partial charge in [-0.15, -0.1) is 0 Å². The van der Waals surface area contributed by atoms with Gasteiger partial charge in [-0.25, -0.2) is 19.4 Å². The summed E-state index contributed by atoms with van der Waals surface area (Å²) < 4.78 is 6.05. The lowest BCUT2D eigenvalue weighted by molar-refractivity contribution is 0.00429. The maximum Gasteiger partial charge on any atom is 0.413 e. The number of aromatic nitrogens is 5. The van der Waals surface area contributed by atoms with Crippen molar-refractivity contribution >= 4 is 46.3 Å². The van der Waals surface area contributed by atoms with Crippen molar-refractivity contribution in [1.82, 2.24) is 24.7 Å². The molecule has 2 aromatic heterocycles. The number of rotatable bonds is 7. The predicted molar refractivity (Wildman–Crippen MR) is 132 cm³/mol. The number of hydrogen-bond donors (Lipinski definition) is 3. The summed E-state index contributed by atoms with van der Waals surface area (Å²) in [7, 11) is 1.30. The van der Waals surface area contributed by atoms with Crippen LogP contribution in [0.25, 0.3) is 11.0 Å². The molecule has 0 saturated heterocycles. The molecule has 0 aliphatic rings. The van der Waals surface area contributed by atoms with Crippen LogP contribution < -0.4 is 5.32 Å². The number of anilines is 1. The fourth-order valence-electron chi connectivity index (χ4n) is 3.38. The van der Waals surface area contributed by atoms with Gasteiger partial charge in [-0.05, 0) is 30.7 Å². The first kappa shape index (κ1) is 25.5. The Morgan fingerprint density at radius 1 is 1.26 bits per heavy atom. The molecule has 1 amide bonds. The molecular formula is C23H26Cl2N6O3. The molecule has 1 unspecified atom stereocenters. The van der Waals surface area contributed by atoms with Crippen LogP contribution in [-0.2, 0) is 16.9 Å². The van der Waals surface area contributed by atoms with Gasteiger partial charge in [-0.2, -0.15) is 5.10 Å². The minimum Gasteiger partial charge on any atom is -0.453 e. The van der Waals surface area contributed by atoms with Gasteiger partial charge in [0.1, 0.15) is 18.3 Å². The third-order valence-electron chi connectivity index (χ3n) is 5.06. The summed E-state index contributed by atoms with van der Waals surface area (Å²) in [6, 6.07) is 12.7. The number of amides is 1. The highest BCUT2D eigenvalue weighted by Gasteiger charge is 2.32. The van der Waals surface area contributed by atoms with Crippen molar-refractivity contribution in [3.8, 4) is 0 Å². The second kappa shape index (κ2) is 11.8. The van der Waals surface area contributed by atoms with E-state index in [1.54, 1.807) is 29.2 Å². The maximum absolute atomic E-state index is 11.0. The average molecular weight is 505 g/mol. The number of halogens is 2. The number of ether oxygens (including phenoxy) is 1. The standard InChI is InChI=1S/C14H17Cl2N3O.C9H9N3O2/c1-2-3-6-14(20,8-19-10-17-9-18-19)12-5-4-11(15)7-13(12)16;1-14-9(13)12-8-10-6-4-2-3-5-7(6)11-8/h4-5,7,9-10,20H,2-3,6,8H2,1H3;2-5H,1H3,(H2,10,11,12,13). The van der Waals surface area contributed by atoms with Gasteiger partial charge < -0.3 is 14.8 Å². The highest BCUT2D eigenvalue weighted by Crippen LogP contribution is 2.35. The molecule has 0 bridgehead atoms. The van der Waals surface area contributed by atoms with Crippen LogP contribution in [-0.4, -0.2) is 43.0 Å². The van der Waals surface area contributed by atoms with Crippen LogP contribution in [0.5, 0.6) is 0 Å². The molecule has 34 heavy (non-hydrogen) atoms. The van der Waals surface area contributed by atoms with Gasteiger partial charge in [0.2, 0.25) is 5.95 Å². The normalized spacial score (nSPS) is 12.5. The molecule has 0 fully saturated rings. The Bertz CT molecular complexity index is 1180. The van der Waals surface area contributed by atoms with E-state index in [0.29, 0.717) is 34.5 Å². The van der Waals surface area contributed by atoms with E-state index in [1.807, 2.05) is 24.3 Å². The lowest BCUT2D eigenvalue weighted by Crippen LogP contribution is -2.32. The molecule has 0 saturated carbocycles. The largest absolute Gasteiger partial charge is 0.453 e. The molecule has 180 valence electrons. The van der Waals surface area contributed by atoms with Gasteiger partial charge in [-0.3, -0.25) is 5.32 Å². The zero-order valence-electron chi connectivity index (χ0n) is 18.8. The van der Waals surface area contributed by atoms with Crippen molar-refractivity contribution in [3.63, 3.8) is 0 Å². The number of carbonyl (C=O) groups excluding carboxylic acids is 1. The summed E-state index contributed by atoms with van der Waals surface area (Å²) in [5.41, 5.74) is 1.27. The fraction of sp³-hybridized carbons (Fsp3) is 0.304. The van der Waals surface area contributed by atoms with E-state index < -0.39 is 11.7 Å². The summed E-state index contributed by atoms with van der Waals surface area (Å²) in [5.74, 6) is 0.387. The van der Waals surface area contributed by atoms with Crippen LogP contribution in [0, 0.1) is 0 Å². The Balaban J connectivity index is 0.000000202. The van der Waals surface area contributed by atoms with E-state index in [9.17, 15) is 9.90 Å². The van der Waals surface area contributed by atoms with Crippen LogP contribution in [0.1, 0.15) is 31.7 Å². The Kier molecular flexibility index (Phi) is 8.86. The van der Waals surface area contributed by atoms with E-state index >= 15 is 0 Å². The van der Waals surface area contributed by atoms with E-state index in [4.69, 9.17) is 23.2 Å². The zero-order valence-corrected chi connectivity index (χ0v) is 20.3. The average Bonchev–Trinajstić information content (AvgIpc) is 3.47. The molecule has 3 N–H and O–H groups in total. The number of benzene rings is 2. The van der Waals surface area contributed by atoms with Crippen LogP contribution in [0.2, 0.25) is 10.0 Å². The zero-order chi connectivity index (χ0) is 24.6. The van der Waals surface area contributed by atoms with E-state index in [1.165, 1.54) is 13.4 Å². The van der Waals surface area contributed by atoms with Crippen LogP contribution in [0.4, 0.5) is 10.7 Å². The predicted octanol–water partition coefficient (Wildman–Crippen LogP) is 5.40. The molecule has 0 radical (unpaired) electrons.